The quantitative estimate of drug-likeness (QED) is 0.291. The van der Waals surface area contributed by atoms with Crippen LogP contribution in [-0.2, 0) is 0 Å². The van der Waals surface area contributed by atoms with Crippen LogP contribution in [-0.4, -0.2) is 29.6 Å². The second kappa shape index (κ2) is 13.0. The third-order valence-electron chi connectivity index (χ3n) is 5.35. The van der Waals surface area contributed by atoms with Gasteiger partial charge in [0.15, 0.2) is 0 Å². The lowest BCUT2D eigenvalue weighted by molar-refractivity contribution is 0.373. The summed E-state index contributed by atoms with van der Waals surface area (Å²) in [6.07, 6.45) is 6.79. The molecule has 0 bridgehead atoms. The molecule has 4 rings (SSSR count). The van der Waals surface area contributed by atoms with E-state index in [0.29, 0.717) is 6.04 Å². The average Bonchev–Trinajstić information content (AvgIpc) is 2.80. The zero-order chi connectivity index (χ0) is 22.8. The normalized spacial score (nSPS) is 14.2. The van der Waals surface area contributed by atoms with Gasteiger partial charge in [-0.2, -0.15) is 4.98 Å². The van der Waals surface area contributed by atoms with Gasteiger partial charge in [-0.3, -0.25) is 4.72 Å². The Hall–Kier alpha value is -1.83. The Kier molecular flexibility index (Phi) is 10.1. The van der Waals surface area contributed by atoms with Crippen molar-refractivity contribution in [1.29, 1.82) is 0 Å². The monoisotopic (exact) mass is 515 g/mol. The number of aromatic nitrogens is 2. The Balaban J connectivity index is 0.000000243. The lowest BCUT2D eigenvalue weighted by Crippen LogP contribution is -2.19. The standard InChI is InChI=1S/C18H26N4.C7H8BrNS/c1-13(2)20-17-15-10-6-7-11-16(15)21-18(22-17)19-12-14-8-4-3-5-9-14;1-9-10-7-5-3-2-4-6(7)8/h6-7,10-11,13-14H,3-5,8-9,12H2,1-2H3,(H2,19,20,21,22);2-5,9H,1H3. The SMILES string of the molecule is CC(C)Nc1nc(NCC2CCCCC2)nc2ccccc12.CNSc1ccccc1Br. The Morgan fingerprint density at radius 3 is 2.44 bits per heavy atom. The maximum absolute atomic E-state index is 4.69. The van der Waals surface area contributed by atoms with E-state index in [4.69, 9.17) is 4.98 Å². The smallest absolute Gasteiger partial charge is 0.225 e. The minimum Gasteiger partial charge on any atom is -0.367 e. The first kappa shape index (κ1) is 24.8. The van der Waals surface area contributed by atoms with Crippen molar-refractivity contribution >= 4 is 50.5 Å². The van der Waals surface area contributed by atoms with E-state index in [9.17, 15) is 0 Å². The van der Waals surface area contributed by atoms with Gasteiger partial charge >= 0.3 is 0 Å². The van der Waals surface area contributed by atoms with Crippen LogP contribution in [0.5, 0.6) is 0 Å². The van der Waals surface area contributed by atoms with Crippen molar-refractivity contribution in [2.45, 2.75) is 56.9 Å². The summed E-state index contributed by atoms with van der Waals surface area (Å²) in [6, 6.07) is 16.6. The van der Waals surface area contributed by atoms with Crippen molar-refractivity contribution in [1.82, 2.24) is 14.7 Å². The Labute approximate surface area is 204 Å². The highest BCUT2D eigenvalue weighted by Crippen LogP contribution is 2.26. The predicted octanol–water partition coefficient (Wildman–Crippen LogP) is 7.12. The molecule has 3 aromatic rings. The highest BCUT2D eigenvalue weighted by Gasteiger charge is 2.14. The highest BCUT2D eigenvalue weighted by atomic mass is 79.9. The average molecular weight is 517 g/mol. The molecule has 1 aromatic heterocycles. The van der Waals surface area contributed by atoms with E-state index in [1.807, 2.05) is 43.4 Å². The molecule has 3 N–H and O–H groups in total. The Morgan fingerprint density at radius 1 is 1.00 bits per heavy atom. The number of hydrogen-bond acceptors (Lipinski definition) is 6. The zero-order valence-electron chi connectivity index (χ0n) is 19.2. The molecule has 1 saturated carbocycles. The summed E-state index contributed by atoms with van der Waals surface area (Å²) in [6.45, 7) is 5.25. The molecule has 5 nitrogen and oxygen atoms in total. The lowest BCUT2D eigenvalue weighted by atomic mass is 9.89. The lowest BCUT2D eigenvalue weighted by Gasteiger charge is -2.22. The first-order valence-corrected chi connectivity index (χ1v) is 13.0. The molecule has 32 heavy (non-hydrogen) atoms. The number of halogens is 1. The van der Waals surface area contributed by atoms with Crippen LogP contribution in [0.4, 0.5) is 11.8 Å². The molecule has 1 fully saturated rings. The number of hydrogen-bond donors (Lipinski definition) is 3. The van der Waals surface area contributed by atoms with Gasteiger partial charge in [0.05, 0.1) is 5.52 Å². The van der Waals surface area contributed by atoms with Crippen molar-refractivity contribution in [3.63, 3.8) is 0 Å². The van der Waals surface area contributed by atoms with Gasteiger partial charge in [0.25, 0.3) is 0 Å². The Bertz CT molecular complexity index is 975. The van der Waals surface area contributed by atoms with Gasteiger partial charge in [-0.05, 0) is 91.8 Å². The zero-order valence-corrected chi connectivity index (χ0v) is 21.6. The van der Waals surface area contributed by atoms with E-state index in [1.165, 1.54) is 37.0 Å². The van der Waals surface area contributed by atoms with Crippen LogP contribution >= 0.6 is 27.9 Å². The fourth-order valence-corrected chi connectivity index (χ4v) is 4.86. The van der Waals surface area contributed by atoms with Gasteiger partial charge in [0.1, 0.15) is 5.82 Å². The minimum absolute atomic E-state index is 0.351. The van der Waals surface area contributed by atoms with Gasteiger partial charge in [0.2, 0.25) is 5.95 Å². The van der Waals surface area contributed by atoms with Crippen LogP contribution in [0.25, 0.3) is 10.9 Å². The minimum atomic E-state index is 0.351. The number of nitrogens with one attached hydrogen (secondary N) is 3. The van der Waals surface area contributed by atoms with Crippen molar-refractivity contribution < 1.29 is 0 Å². The highest BCUT2D eigenvalue weighted by molar-refractivity contribution is 9.10. The van der Waals surface area contributed by atoms with Crippen LogP contribution in [0.3, 0.4) is 0 Å². The molecule has 1 heterocycles. The maximum atomic E-state index is 4.69. The van der Waals surface area contributed by atoms with E-state index in [2.05, 4.69) is 62.2 Å². The molecule has 7 heteroatoms. The third-order valence-corrected chi connectivity index (χ3v) is 7.08. The molecule has 1 aliphatic carbocycles. The van der Waals surface area contributed by atoms with Crippen LogP contribution in [0, 0.1) is 5.92 Å². The molecular formula is C25H34BrN5S. The van der Waals surface area contributed by atoms with Crippen LogP contribution < -0.4 is 15.4 Å². The summed E-state index contributed by atoms with van der Waals surface area (Å²) in [5, 5.41) is 7.98. The third kappa shape index (κ3) is 7.64. The molecule has 0 atom stereocenters. The van der Waals surface area contributed by atoms with Crippen LogP contribution in [0.1, 0.15) is 46.0 Å². The van der Waals surface area contributed by atoms with Gasteiger partial charge in [-0.1, -0.05) is 43.5 Å². The number of anilines is 2. The number of rotatable bonds is 7. The van der Waals surface area contributed by atoms with E-state index in [-0.39, 0.29) is 0 Å². The van der Waals surface area contributed by atoms with Crippen molar-refractivity contribution in [2.24, 2.45) is 5.92 Å². The fourth-order valence-electron chi connectivity index (χ4n) is 3.80. The molecule has 0 saturated heterocycles. The largest absolute Gasteiger partial charge is 0.367 e. The second-order valence-electron chi connectivity index (χ2n) is 8.33. The van der Waals surface area contributed by atoms with Crippen molar-refractivity contribution in [2.75, 3.05) is 24.2 Å². The topological polar surface area (TPSA) is 61.9 Å². The fraction of sp³-hybridized carbons (Fsp3) is 0.440. The number of fused-ring (bicyclic) bond motifs is 1. The maximum Gasteiger partial charge on any atom is 0.225 e. The van der Waals surface area contributed by atoms with Gasteiger partial charge < -0.3 is 10.6 Å². The molecule has 0 unspecified atom stereocenters. The first-order chi connectivity index (χ1) is 15.6. The van der Waals surface area contributed by atoms with Gasteiger partial charge in [-0.25, -0.2) is 4.98 Å². The van der Waals surface area contributed by atoms with Gasteiger partial charge in [-0.15, -0.1) is 0 Å². The molecule has 0 aliphatic heterocycles. The van der Waals surface area contributed by atoms with E-state index in [0.717, 1.165) is 39.6 Å². The summed E-state index contributed by atoms with van der Waals surface area (Å²) in [5.74, 6) is 2.43. The van der Waals surface area contributed by atoms with Crippen molar-refractivity contribution in [3.05, 3.63) is 53.0 Å². The first-order valence-electron chi connectivity index (χ1n) is 11.4. The summed E-state index contributed by atoms with van der Waals surface area (Å²) in [7, 11) is 1.91. The molecule has 2 aromatic carbocycles. The van der Waals surface area contributed by atoms with E-state index >= 15 is 0 Å². The van der Waals surface area contributed by atoms with Crippen LogP contribution in [0.15, 0.2) is 57.9 Å². The summed E-state index contributed by atoms with van der Waals surface area (Å²) in [5.41, 5.74) is 0.992. The molecule has 0 radical (unpaired) electrons. The molecule has 1 aliphatic rings. The summed E-state index contributed by atoms with van der Waals surface area (Å²) < 4.78 is 4.15. The molecule has 0 spiro atoms. The Morgan fingerprint density at radius 2 is 1.72 bits per heavy atom. The molecule has 172 valence electrons. The summed E-state index contributed by atoms with van der Waals surface area (Å²) in [4.78, 5) is 10.6. The van der Waals surface area contributed by atoms with Crippen LogP contribution in [0.2, 0.25) is 0 Å². The number of benzene rings is 2. The van der Waals surface area contributed by atoms with Crippen molar-refractivity contribution in [3.8, 4) is 0 Å². The van der Waals surface area contributed by atoms with E-state index in [1.54, 1.807) is 11.9 Å². The number of nitrogens with zero attached hydrogens (tertiary/aromatic N) is 2. The van der Waals surface area contributed by atoms with Gasteiger partial charge in [0, 0.05) is 27.3 Å². The van der Waals surface area contributed by atoms with E-state index < -0.39 is 0 Å². The summed E-state index contributed by atoms with van der Waals surface area (Å²) >= 11 is 5.04. The molecular weight excluding hydrogens is 482 g/mol. The number of para-hydroxylation sites is 1. The molecule has 0 amide bonds. The predicted molar refractivity (Wildman–Crippen MR) is 142 cm³/mol. The second-order valence-corrected chi connectivity index (χ2v) is 10.2.